The molecule has 17 heavy (non-hydrogen) atoms. The first-order valence-corrected chi connectivity index (χ1v) is 7.07. The van der Waals surface area contributed by atoms with Crippen LogP contribution in [0, 0.1) is 0 Å². The van der Waals surface area contributed by atoms with Gasteiger partial charge in [0.15, 0.2) is 0 Å². The number of nitrogens with two attached hydrogens (primary N) is 2. The first kappa shape index (κ1) is 11.2. The molecule has 0 amide bonds. The van der Waals surface area contributed by atoms with Gasteiger partial charge in [0.05, 0.1) is 0 Å². The predicted molar refractivity (Wildman–Crippen MR) is 74.8 cm³/mol. The van der Waals surface area contributed by atoms with Crippen LogP contribution in [0.3, 0.4) is 0 Å². The van der Waals surface area contributed by atoms with Gasteiger partial charge in [0.1, 0.15) is 0 Å². The van der Waals surface area contributed by atoms with Crippen molar-refractivity contribution in [2.75, 3.05) is 0 Å². The summed E-state index contributed by atoms with van der Waals surface area (Å²) in [5.74, 6) is 0. The van der Waals surface area contributed by atoms with E-state index in [0.717, 1.165) is 16.2 Å². The predicted octanol–water partition coefficient (Wildman–Crippen LogP) is 3.19. The lowest BCUT2D eigenvalue weighted by atomic mass is 10.1. The highest BCUT2D eigenvalue weighted by Crippen LogP contribution is 2.39. The molecule has 4 N–H and O–H groups in total. The summed E-state index contributed by atoms with van der Waals surface area (Å²) < 4.78 is 0. The summed E-state index contributed by atoms with van der Waals surface area (Å²) in [6.45, 7) is 0. The molecule has 0 saturated heterocycles. The minimum Gasteiger partial charge on any atom is -0.274 e. The van der Waals surface area contributed by atoms with E-state index in [2.05, 4.69) is 36.4 Å². The monoisotopic (exact) mass is 260 g/mol. The van der Waals surface area contributed by atoms with Gasteiger partial charge in [-0.2, -0.15) is 0 Å². The van der Waals surface area contributed by atoms with Crippen molar-refractivity contribution in [3.8, 4) is 11.1 Å². The van der Waals surface area contributed by atoms with Gasteiger partial charge in [-0.05, 0) is 76.8 Å². The highest BCUT2D eigenvalue weighted by atomic mass is 32.2. The molecule has 0 unspecified atom stereocenters. The second-order valence-corrected chi connectivity index (χ2v) is 5.46. The van der Waals surface area contributed by atoms with Crippen LogP contribution in [0.1, 0.15) is 11.1 Å². The van der Waals surface area contributed by atoms with Crippen molar-refractivity contribution in [1.82, 2.24) is 0 Å². The van der Waals surface area contributed by atoms with Crippen molar-refractivity contribution in [1.29, 1.82) is 0 Å². The maximum Gasteiger partial charge on any atom is 0.0232 e. The minimum atomic E-state index is 0.995. The number of rotatable bonds is 2. The Labute approximate surface area is 109 Å². The Balaban J connectivity index is 2.13. The molecule has 0 aromatic heterocycles. The standard InChI is InChI=1S/C13H12N2S2/c14-16-10-3-4-12-9(6-10)5-8-1-2-11(17-15)7-13(8)12/h1-4,6-7H,5,14-15H2. The molecule has 0 aliphatic heterocycles. The van der Waals surface area contributed by atoms with Crippen LogP contribution in [0.25, 0.3) is 11.1 Å². The van der Waals surface area contributed by atoms with Crippen molar-refractivity contribution in [2.24, 2.45) is 10.3 Å². The van der Waals surface area contributed by atoms with Crippen LogP contribution in [0.2, 0.25) is 0 Å². The fourth-order valence-corrected chi connectivity index (χ4v) is 2.98. The molecule has 0 bridgehead atoms. The fourth-order valence-electron chi connectivity index (χ4n) is 2.29. The molecule has 0 fully saturated rings. The average Bonchev–Trinajstić information content (AvgIpc) is 2.74. The maximum atomic E-state index is 5.61. The zero-order chi connectivity index (χ0) is 11.8. The van der Waals surface area contributed by atoms with Gasteiger partial charge >= 0.3 is 0 Å². The molecular formula is C13H12N2S2. The third kappa shape index (κ3) is 1.87. The largest absolute Gasteiger partial charge is 0.274 e. The SMILES string of the molecule is NSc1ccc2c(c1)Cc1ccc(SN)cc1-2. The second-order valence-electron chi connectivity index (χ2n) is 4.05. The van der Waals surface area contributed by atoms with Gasteiger partial charge in [0.25, 0.3) is 0 Å². The maximum absolute atomic E-state index is 5.61. The van der Waals surface area contributed by atoms with Crippen LogP contribution < -0.4 is 10.3 Å². The zero-order valence-electron chi connectivity index (χ0n) is 9.14. The van der Waals surface area contributed by atoms with E-state index in [1.165, 1.54) is 46.1 Å². The van der Waals surface area contributed by atoms with E-state index in [4.69, 9.17) is 10.3 Å². The van der Waals surface area contributed by atoms with Crippen molar-refractivity contribution in [3.63, 3.8) is 0 Å². The molecule has 2 aromatic rings. The van der Waals surface area contributed by atoms with Crippen molar-refractivity contribution >= 4 is 23.9 Å². The molecule has 1 aliphatic carbocycles. The molecule has 0 spiro atoms. The van der Waals surface area contributed by atoms with E-state index in [1.54, 1.807) is 0 Å². The van der Waals surface area contributed by atoms with Crippen LogP contribution in [0.4, 0.5) is 0 Å². The third-order valence-electron chi connectivity index (χ3n) is 3.10. The summed E-state index contributed by atoms with van der Waals surface area (Å²) in [5, 5.41) is 11.2. The Kier molecular flexibility index (Phi) is 2.88. The molecule has 3 rings (SSSR count). The van der Waals surface area contributed by atoms with E-state index in [0.29, 0.717) is 0 Å². The number of hydrogen-bond acceptors (Lipinski definition) is 4. The molecule has 0 atom stereocenters. The lowest BCUT2D eigenvalue weighted by Crippen LogP contribution is -1.84. The number of benzene rings is 2. The average molecular weight is 260 g/mol. The highest BCUT2D eigenvalue weighted by Gasteiger charge is 2.18. The summed E-state index contributed by atoms with van der Waals surface area (Å²) in [7, 11) is 0. The summed E-state index contributed by atoms with van der Waals surface area (Å²) >= 11 is 2.59. The molecule has 0 heterocycles. The molecule has 1 aliphatic rings. The summed E-state index contributed by atoms with van der Waals surface area (Å²) in [6.07, 6.45) is 0.995. The smallest absolute Gasteiger partial charge is 0.0232 e. The van der Waals surface area contributed by atoms with Gasteiger partial charge in [-0.15, -0.1) is 0 Å². The van der Waals surface area contributed by atoms with Crippen molar-refractivity contribution in [3.05, 3.63) is 47.5 Å². The Bertz CT molecular complexity index is 582. The number of fused-ring (bicyclic) bond motifs is 3. The number of hydrogen-bond donors (Lipinski definition) is 2. The minimum absolute atomic E-state index is 0.995. The Morgan fingerprint density at radius 2 is 1.47 bits per heavy atom. The fraction of sp³-hybridized carbons (Fsp3) is 0.0769. The first-order chi connectivity index (χ1) is 8.31. The van der Waals surface area contributed by atoms with Crippen LogP contribution in [-0.4, -0.2) is 0 Å². The summed E-state index contributed by atoms with van der Waals surface area (Å²) in [4.78, 5) is 2.22. The summed E-state index contributed by atoms with van der Waals surface area (Å²) in [6, 6.07) is 12.8. The van der Waals surface area contributed by atoms with E-state index in [-0.39, 0.29) is 0 Å². The van der Waals surface area contributed by atoms with E-state index in [1.807, 2.05) is 0 Å². The Hall–Kier alpha value is -0.940. The van der Waals surface area contributed by atoms with Crippen LogP contribution >= 0.6 is 23.9 Å². The molecule has 2 nitrogen and oxygen atoms in total. The van der Waals surface area contributed by atoms with Crippen molar-refractivity contribution in [2.45, 2.75) is 16.2 Å². The molecule has 4 heteroatoms. The zero-order valence-corrected chi connectivity index (χ0v) is 10.8. The lowest BCUT2D eigenvalue weighted by molar-refractivity contribution is 1.23. The molecule has 0 radical (unpaired) electrons. The van der Waals surface area contributed by atoms with Gasteiger partial charge in [0, 0.05) is 9.79 Å². The first-order valence-electron chi connectivity index (χ1n) is 5.31. The van der Waals surface area contributed by atoms with Crippen LogP contribution in [-0.2, 0) is 6.42 Å². The van der Waals surface area contributed by atoms with E-state index >= 15 is 0 Å². The van der Waals surface area contributed by atoms with E-state index in [9.17, 15) is 0 Å². The van der Waals surface area contributed by atoms with Crippen LogP contribution in [0.5, 0.6) is 0 Å². The Morgan fingerprint density at radius 3 is 2.24 bits per heavy atom. The van der Waals surface area contributed by atoms with Gasteiger partial charge in [-0.25, -0.2) is 0 Å². The van der Waals surface area contributed by atoms with Gasteiger partial charge in [-0.3, -0.25) is 10.3 Å². The van der Waals surface area contributed by atoms with Crippen LogP contribution in [0.15, 0.2) is 46.2 Å². The lowest BCUT2D eigenvalue weighted by Gasteiger charge is -2.04. The third-order valence-corrected chi connectivity index (χ3v) is 4.15. The highest BCUT2D eigenvalue weighted by molar-refractivity contribution is 7.97. The molecule has 86 valence electrons. The molecule has 2 aromatic carbocycles. The summed E-state index contributed by atoms with van der Waals surface area (Å²) in [5.41, 5.74) is 5.35. The Morgan fingerprint density at radius 1 is 0.765 bits per heavy atom. The van der Waals surface area contributed by atoms with Gasteiger partial charge in [0.2, 0.25) is 0 Å². The second kappa shape index (κ2) is 4.38. The van der Waals surface area contributed by atoms with Gasteiger partial charge in [-0.1, -0.05) is 12.1 Å². The quantitative estimate of drug-likeness (QED) is 0.695. The van der Waals surface area contributed by atoms with Crippen molar-refractivity contribution < 1.29 is 0 Å². The van der Waals surface area contributed by atoms with Gasteiger partial charge < -0.3 is 0 Å². The molecular weight excluding hydrogens is 248 g/mol. The van der Waals surface area contributed by atoms with E-state index < -0.39 is 0 Å². The normalized spacial score (nSPS) is 12.4. The topological polar surface area (TPSA) is 52.0 Å². The molecule has 0 saturated carbocycles.